The molecule has 0 aromatic heterocycles. The first-order valence-corrected chi connectivity index (χ1v) is 7.15. The molecule has 4 heteroatoms. The molecule has 0 aromatic carbocycles. The molecule has 18 heavy (non-hydrogen) atoms. The minimum atomic E-state index is 0.0926. The molecule has 104 valence electrons. The number of amides is 2. The van der Waals surface area contributed by atoms with Gasteiger partial charge in [0.25, 0.3) is 0 Å². The van der Waals surface area contributed by atoms with E-state index in [2.05, 4.69) is 37.6 Å². The van der Waals surface area contributed by atoms with Gasteiger partial charge in [0.15, 0.2) is 0 Å². The second-order valence-corrected chi connectivity index (χ2v) is 6.63. The lowest BCUT2D eigenvalue weighted by atomic mass is 9.99. The van der Waals surface area contributed by atoms with Gasteiger partial charge in [0.2, 0.25) is 0 Å². The SMILES string of the molecule is CC1CCCN(C(=O)N2CCN(C)C(C)(C)C2)C1. The molecule has 0 bridgehead atoms. The summed E-state index contributed by atoms with van der Waals surface area (Å²) in [7, 11) is 2.14. The minimum Gasteiger partial charge on any atom is -0.324 e. The van der Waals surface area contributed by atoms with Gasteiger partial charge in [0, 0.05) is 38.3 Å². The highest BCUT2D eigenvalue weighted by molar-refractivity contribution is 5.74. The van der Waals surface area contributed by atoms with E-state index in [0.717, 1.165) is 39.1 Å². The Hall–Kier alpha value is -0.770. The largest absolute Gasteiger partial charge is 0.324 e. The fraction of sp³-hybridized carbons (Fsp3) is 0.929. The zero-order valence-corrected chi connectivity index (χ0v) is 12.3. The lowest BCUT2D eigenvalue weighted by molar-refractivity contribution is 0.0416. The molecule has 2 aliphatic rings. The molecule has 2 saturated heterocycles. The smallest absolute Gasteiger partial charge is 0.320 e. The quantitative estimate of drug-likeness (QED) is 0.659. The Bertz CT molecular complexity index is 316. The van der Waals surface area contributed by atoms with Crippen LogP contribution in [0.25, 0.3) is 0 Å². The van der Waals surface area contributed by atoms with Crippen LogP contribution in [-0.2, 0) is 0 Å². The molecule has 0 saturated carbocycles. The number of hydrogen-bond acceptors (Lipinski definition) is 2. The third kappa shape index (κ3) is 2.79. The highest BCUT2D eigenvalue weighted by atomic mass is 16.2. The standard InChI is InChI=1S/C14H27N3O/c1-12-6-5-7-16(10-12)13(18)17-9-8-15(4)14(2,3)11-17/h12H,5-11H2,1-4H3. The van der Waals surface area contributed by atoms with E-state index in [1.165, 1.54) is 6.42 Å². The topological polar surface area (TPSA) is 26.8 Å². The van der Waals surface area contributed by atoms with Crippen molar-refractivity contribution in [3.8, 4) is 0 Å². The Morgan fingerprint density at radius 1 is 1.17 bits per heavy atom. The van der Waals surface area contributed by atoms with E-state index in [1.807, 2.05) is 4.90 Å². The van der Waals surface area contributed by atoms with Crippen molar-refractivity contribution in [1.82, 2.24) is 14.7 Å². The van der Waals surface area contributed by atoms with E-state index in [-0.39, 0.29) is 11.6 Å². The van der Waals surface area contributed by atoms with Crippen molar-refractivity contribution in [2.24, 2.45) is 5.92 Å². The van der Waals surface area contributed by atoms with Crippen LogP contribution < -0.4 is 0 Å². The molecule has 4 nitrogen and oxygen atoms in total. The molecule has 0 spiro atoms. The minimum absolute atomic E-state index is 0.0926. The normalized spacial score (nSPS) is 29.4. The molecule has 2 rings (SSSR count). The fourth-order valence-electron chi connectivity index (χ4n) is 2.97. The second-order valence-electron chi connectivity index (χ2n) is 6.63. The van der Waals surface area contributed by atoms with E-state index in [9.17, 15) is 4.79 Å². The van der Waals surface area contributed by atoms with Gasteiger partial charge in [-0.1, -0.05) is 6.92 Å². The number of piperidine rings is 1. The van der Waals surface area contributed by atoms with Gasteiger partial charge in [0.05, 0.1) is 0 Å². The van der Waals surface area contributed by atoms with E-state index < -0.39 is 0 Å². The van der Waals surface area contributed by atoms with Crippen LogP contribution in [-0.4, -0.2) is 66.0 Å². The van der Waals surface area contributed by atoms with Crippen molar-refractivity contribution >= 4 is 6.03 Å². The Labute approximate surface area is 111 Å². The Balaban J connectivity index is 1.97. The lowest BCUT2D eigenvalue weighted by Crippen LogP contribution is -2.61. The van der Waals surface area contributed by atoms with Crippen LogP contribution in [0, 0.1) is 5.92 Å². The summed E-state index contributed by atoms with van der Waals surface area (Å²) >= 11 is 0. The average Bonchev–Trinajstić information content (AvgIpc) is 2.31. The average molecular weight is 253 g/mol. The molecule has 2 fully saturated rings. The number of piperazine rings is 1. The van der Waals surface area contributed by atoms with Crippen molar-refractivity contribution < 1.29 is 4.79 Å². The first-order chi connectivity index (χ1) is 8.40. The molecule has 2 aliphatic heterocycles. The number of carbonyl (C=O) groups excluding carboxylic acids is 1. The van der Waals surface area contributed by atoms with Crippen molar-refractivity contribution in [2.75, 3.05) is 39.8 Å². The third-order valence-electron chi connectivity index (χ3n) is 4.51. The van der Waals surface area contributed by atoms with Gasteiger partial charge in [-0.3, -0.25) is 4.90 Å². The van der Waals surface area contributed by atoms with Gasteiger partial charge in [0.1, 0.15) is 0 Å². The molecule has 2 amide bonds. The van der Waals surface area contributed by atoms with E-state index >= 15 is 0 Å². The molecule has 1 unspecified atom stereocenters. The van der Waals surface area contributed by atoms with Crippen LogP contribution in [0.3, 0.4) is 0 Å². The zero-order chi connectivity index (χ0) is 13.3. The van der Waals surface area contributed by atoms with Gasteiger partial charge in [-0.25, -0.2) is 4.79 Å². The van der Waals surface area contributed by atoms with Crippen LogP contribution in [0.15, 0.2) is 0 Å². The van der Waals surface area contributed by atoms with Crippen molar-refractivity contribution in [2.45, 2.75) is 39.2 Å². The van der Waals surface area contributed by atoms with Gasteiger partial charge < -0.3 is 9.80 Å². The Kier molecular flexibility index (Phi) is 3.85. The lowest BCUT2D eigenvalue weighted by Gasteiger charge is -2.47. The summed E-state index contributed by atoms with van der Waals surface area (Å²) in [5.74, 6) is 0.656. The van der Waals surface area contributed by atoms with Gasteiger partial charge in [-0.2, -0.15) is 0 Å². The molecule has 1 atom stereocenters. The maximum atomic E-state index is 12.5. The maximum Gasteiger partial charge on any atom is 0.320 e. The molecule has 0 N–H and O–H groups in total. The van der Waals surface area contributed by atoms with E-state index in [4.69, 9.17) is 0 Å². The summed E-state index contributed by atoms with van der Waals surface area (Å²) in [6.07, 6.45) is 2.42. The number of likely N-dealkylation sites (N-methyl/N-ethyl adjacent to an activating group) is 1. The summed E-state index contributed by atoms with van der Waals surface area (Å²) in [4.78, 5) is 19.0. The number of carbonyl (C=O) groups is 1. The van der Waals surface area contributed by atoms with Crippen LogP contribution in [0.1, 0.15) is 33.6 Å². The third-order valence-corrected chi connectivity index (χ3v) is 4.51. The summed E-state index contributed by atoms with van der Waals surface area (Å²) in [6, 6.07) is 0.253. The second kappa shape index (κ2) is 5.08. The van der Waals surface area contributed by atoms with Crippen molar-refractivity contribution in [1.29, 1.82) is 0 Å². The summed E-state index contributed by atoms with van der Waals surface area (Å²) in [5, 5.41) is 0. The van der Waals surface area contributed by atoms with Crippen LogP contribution >= 0.6 is 0 Å². The zero-order valence-electron chi connectivity index (χ0n) is 12.3. The van der Waals surface area contributed by atoms with Gasteiger partial charge >= 0.3 is 6.03 Å². The number of hydrogen-bond donors (Lipinski definition) is 0. The van der Waals surface area contributed by atoms with E-state index in [0.29, 0.717) is 5.92 Å². The number of likely N-dealkylation sites (tertiary alicyclic amines) is 1. The Morgan fingerprint density at radius 2 is 1.89 bits per heavy atom. The molecule has 0 aliphatic carbocycles. The predicted molar refractivity (Wildman–Crippen MR) is 73.6 cm³/mol. The van der Waals surface area contributed by atoms with Gasteiger partial charge in [-0.15, -0.1) is 0 Å². The molecule has 0 aromatic rings. The van der Waals surface area contributed by atoms with E-state index in [1.54, 1.807) is 0 Å². The first kappa shape index (κ1) is 13.7. The van der Waals surface area contributed by atoms with Gasteiger partial charge in [-0.05, 0) is 39.7 Å². The monoisotopic (exact) mass is 253 g/mol. The van der Waals surface area contributed by atoms with Crippen molar-refractivity contribution in [3.63, 3.8) is 0 Å². The summed E-state index contributed by atoms with van der Waals surface area (Å²) in [6.45, 7) is 11.2. The highest BCUT2D eigenvalue weighted by Gasteiger charge is 2.35. The summed E-state index contributed by atoms with van der Waals surface area (Å²) in [5.41, 5.74) is 0.0926. The number of urea groups is 1. The number of rotatable bonds is 0. The fourth-order valence-corrected chi connectivity index (χ4v) is 2.97. The number of nitrogens with zero attached hydrogens (tertiary/aromatic N) is 3. The summed E-state index contributed by atoms with van der Waals surface area (Å²) < 4.78 is 0. The van der Waals surface area contributed by atoms with Crippen LogP contribution in [0.5, 0.6) is 0 Å². The molecule has 2 heterocycles. The first-order valence-electron chi connectivity index (χ1n) is 7.15. The van der Waals surface area contributed by atoms with Crippen LogP contribution in [0.4, 0.5) is 4.79 Å². The van der Waals surface area contributed by atoms with Crippen molar-refractivity contribution in [3.05, 3.63) is 0 Å². The maximum absolute atomic E-state index is 12.5. The highest BCUT2D eigenvalue weighted by Crippen LogP contribution is 2.22. The Morgan fingerprint density at radius 3 is 2.50 bits per heavy atom. The molecule has 0 radical (unpaired) electrons. The molecular formula is C14H27N3O. The predicted octanol–water partition coefficient (Wildman–Crippen LogP) is 1.86. The van der Waals surface area contributed by atoms with Crippen LogP contribution in [0.2, 0.25) is 0 Å². The molecular weight excluding hydrogens is 226 g/mol.